The van der Waals surface area contributed by atoms with E-state index in [4.69, 9.17) is 0 Å². The molecule has 0 aliphatic carbocycles. The molecule has 0 saturated heterocycles. The number of Topliss-reactive ketones (excluding diaryl/α,β-unsaturated/α-hetero) is 1. The number of anilines is 1. The van der Waals surface area contributed by atoms with E-state index in [1.807, 2.05) is 38.1 Å². The number of fused-ring (bicyclic) bond motifs is 1. The van der Waals surface area contributed by atoms with Gasteiger partial charge in [-0.3, -0.25) is 9.59 Å². The molecule has 7 heteroatoms. The molecule has 1 aliphatic rings. The van der Waals surface area contributed by atoms with Crippen LogP contribution in [0.25, 0.3) is 11.4 Å². The zero-order valence-electron chi connectivity index (χ0n) is 14.4. The molecule has 130 valence electrons. The highest BCUT2D eigenvalue weighted by Gasteiger charge is 2.27. The maximum atomic E-state index is 12.6. The molecule has 0 radical (unpaired) electrons. The van der Waals surface area contributed by atoms with E-state index in [1.54, 1.807) is 18.2 Å². The minimum atomic E-state index is -0.255. The number of aryl methyl sites for hydroxylation is 1. The molecule has 26 heavy (non-hydrogen) atoms. The van der Waals surface area contributed by atoms with Gasteiger partial charge in [-0.1, -0.05) is 24.3 Å². The van der Waals surface area contributed by atoms with Gasteiger partial charge in [0.2, 0.25) is 11.7 Å². The molecule has 1 aliphatic heterocycles. The number of hydrogen-bond acceptors (Lipinski definition) is 5. The summed E-state index contributed by atoms with van der Waals surface area (Å²) in [6.45, 7) is 3.79. The third-order valence-electron chi connectivity index (χ3n) is 4.62. The third kappa shape index (κ3) is 2.77. The lowest BCUT2D eigenvalue weighted by Crippen LogP contribution is -2.13. The Morgan fingerprint density at radius 3 is 2.85 bits per heavy atom. The van der Waals surface area contributed by atoms with Crippen molar-refractivity contribution < 1.29 is 9.59 Å². The quantitative estimate of drug-likeness (QED) is 0.733. The third-order valence-corrected chi connectivity index (χ3v) is 4.62. The maximum Gasteiger partial charge on any atom is 0.231 e. The van der Waals surface area contributed by atoms with Crippen molar-refractivity contribution >= 4 is 17.4 Å². The van der Waals surface area contributed by atoms with Crippen LogP contribution in [0.3, 0.4) is 0 Å². The lowest BCUT2D eigenvalue weighted by molar-refractivity contribution is -0.116. The maximum absolute atomic E-state index is 12.6. The van der Waals surface area contributed by atoms with E-state index >= 15 is 0 Å². The first-order chi connectivity index (χ1) is 12.5. The van der Waals surface area contributed by atoms with E-state index in [2.05, 4.69) is 20.7 Å². The van der Waals surface area contributed by atoms with Crippen molar-refractivity contribution in [1.82, 2.24) is 20.2 Å². The molecule has 1 N–H and O–H groups in total. The van der Waals surface area contributed by atoms with E-state index in [1.165, 1.54) is 4.80 Å². The summed E-state index contributed by atoms with van der Waals surface area (Å²) < 4.78 is 0. The van der Waals surface area contributed by atoms with Crippen LogP contribution in [-0.2, 0) is 11.3 Å². The van der Waals surface area contributed by atoms with E-state index in [0.29, 0.717) is 11.4 Å². The summed E-state index contributed by atoms with van der Waals surface area (Å²) in [5, 5.41) is 15.1. The summed E-state index contributed by atoms with van der Waals surface area (Å²) >= 11 is 0. The van der Waals surface area contributed by atoms with E-state index < -0.39 is 0 Å². The molecule has 2 aromatic carbocycles. The Morgan fingerprint density at radius 1 is 1.23 bits per heavy atom. The van der Waals surface area contributed by atoms with Crippen LogP contribution in [0.5, 0.6) is 0 Å². The fraction of sp³-hybridized carbons (Fsp3) is 0.211. The van der Waals surface area contributed by atoms with Crippen molar-refractivity contribution in [2.75, 3.05) is 5.32 Å². The molecule has 1 atom stereocenters. The van der Waals surface area contributed by atoms with Crippen molar-refractivity contribution in [2.24, 2.45) is 0 Å². The highest BCUT2D eigenvalue weighted by Crippen LogP contribution is 2.32. The second-order valence-corrected chi connectivity index (χ2v) is 6.39. The number of carbonyl (C=O) groups is 2. The molecule has 0 fully saturated rings. The summed E-state index contributed by atoms with van der Waals surface area (Å²) in [6.07, 6.45) is 0. The highest BCUT2D eigenvalue weighted by molar-refractivity contribution is 6.04. The molecule has 3 aromatic rings. The minimum Gasteiger partial charge on any atom is -0.325 e. The highest BCUT2D eigenvalue weighted by atomic mass is 16.2. The van der Waals surface area contributed by atoms with Gasteiger partial charge >= 0.3 is 0 Å². The molecule has 0 bridgehead atoms. The van der Waals surface area contributed by atoms with Gasteiger partial charge in [0.1, 0.15) is 6.54 Å². The molecule has 1 amide bonds. The van der Waals surface area contributed by atoms with Crippen LogP contribution in [0.1, 0.15) is 34.3 Å². The molecule has 7 nitrogen and oxygen atoms in total. The number of ketones is 1. The first-order valence-corrected chi connectivity index (χ1v) is 8.35. The van der Waals surface area contributed by atoms with Crippen molar-refractivity contribution in [2.45, 2.75) is 26.3 Å². The smallest absolute Gasteiger partial charge is 0.231 e. The van der Waals surface area contributed by atoms with E-state index in [9.17, 15) is 9.59 Å². The number of tetrazole rings is 1. The molecular formula is C19H17N5O2. The van der Waals surface area contributed by atoms with Crippen molar-refractivity contribution in [3.05, 3.63) is 59.2 Å². The molecule has 1 aromatic heterocycles. The second-order valence-electron chi connectivity index (χ2n) is 6.39. The standard InChI is InChI=1S/C19H17N5O2/c1-11-5-3-4-6-14(11)18-21-23-24(22-18)10-17(25)13-7-8-16-15(9-13)12(2)19(26)20-16/h3-9,12H,10H2,1-2H3,(H,20,26)/t12-/m1/s1. The Hall–Kier alpha value is -3.35. The molecule has 2 heterocycles. The Balaban J connectivity index is 1.55. The Bertz CT molecular complexity index is 1020. The fourth-order valence-electron chi connectivity index (χ4n) is 3.05. The number of hydrogen-bond donors (Lipinski definition) is 1. The van der Waals surface area contributed by atoms with Crippen LogP contribution in [-0.4, -0.2) is 31.9 Å². The number of nitrogens with one attached hydrogen (secondary N) is 1. The number of amides is 1. The fourth-order valence-corrected chi connectivity index (χ4v) is 3.05. The van der Waals surface area contributed by atoms with Gasteiger partial charge in [0.25, 0.3) is 0 Å². The average Bonchev–Trinajstić information content (AvgIpc) is 3.20. The number of rotatable bonds is 4. The topological polar surface area (TPSA) is 89.8 Å². The van der Waals surface area contributed by atoms with Gasteiger partial charge in [0.05, 0.1) is 5.92 Å². The van der Waals surface area contributed by atoms with Gasteiger partial charge in [-0.2, -0.15) is 4.80 Å². The van der Waals surface area contributed by atoms with Crippen molar-refractivity contribution in [1.29, 1.82) is 0 Å². The SMILES string of the molecule is Cc1ccccc1-c1nnn(CC(=O)c2ccc3c(c2)[C@@H](C)C(=O)N3)n1. The zero-order chi connectivity index (χ0) is 18.3. The number of carbonyl (C=O) groups excluding carboxylic acids is 2. The summed E-state index contributed by atoms with van der Waals surface area (Å²) in [6, 6.07) is 13.0. The Labute approximate surface area is 150 Å². The van der Waals surface area contributed by atoms with Gasteiger partial charge < -0.3 is 5.32 Å². The van der Waals surface area contributed by atoms with Gasteiger partial charge in [-0.15, -0.1) is 10.2 Å². The average molecular weight is 347 g/mol. The van der Waals surface area contributed by atoms with Gasteiger partial charge in [-0.25, -0.2) is 0 Å². The van der Waals surface area contributed by atoms with Crippen LogP contribution in [0.2, 0.25) is 0 Å². The number of nitrogens with zero attached hydrogens (tertiary/aromatic N) is 4. The second kappa shape index (κ2) is 6.18. The largest absolute Gasteiger partial charge is 0.325 e. The number of benzene rings is 2. The first kappa shape index (κ1) is 16.1. The van der Waals surface area contributed by atoms with Crippen LogP contribution in [0.15, 0.2) is 42.5 Å². The lowest BCUT2D eigenvalue weighted by Gasteiger charge is -2.05. The summed E-state index contributed by atoms with van der Waals surface area (Å²) in [7, 11) is 0. The lowest BCUT2D eigenvalue weighted by atomic mass is 9.99. The first-order valence-electron chi connectivity index (χ1n) is 8.35. The number of aromatic nitrogens is 4. The monoisotopic (exact) mass is 347 g/mol. The Kier molecular flexibility index (Phi) is 3.84. The zero-order valence-corrected chi connectivity index (χ0v) is 14.4. The molecule has 4 rings (SSSR count). The summed E-state index contributed by atoms with van der Waals surface area (Å²) in [5.41, 5.74) is 4.07. The summed E-state index contributed by atoms with van der Waals surface area (Å²) in [4.78, 5) is 25.6. The van der Waals surface area contributed by atoms with Crippen molar-refractivity contribution in [3.63, 3.8) is 0 Å². The molecule has 0 unspecified atom stereocenters. The van der Waals surface area contributed by atoms with Crippen molar-refractivity contribution in [3.8, 4) is 11.4 Å². The van der Waals surface area contributed by atoms with Crippen LogP contribution < -0.4 is 5.32 Å². The van der Waals surface area contributed by atoms with Crippen LogP contribution in [0.4, 0.5) is 5.69 Å². The molecular weight excluding hydrogens is 330 g/mol. The predicted octanol–water partition coefficient (Wildman–Crippen LogP) is 2.59. The van der Waals surface area contributed by atoms with Gasteiger partial charge in [0, 0.05) is 16.8 Å². The normalized spacial score (nSPS) is 15.6. The minimum absolute atomic E-state index is 0.00652. The van der Waals surface area contributed by atoms with E-state index in [-0.39, 0.29) is 24.2 Å². The molecule has 0 saturated carbocycles. The van der Waals surface area contributed by atoms with E-state index in [0.717, 1.165) is 22.4 Å². The Morgan fingerprint density at radius 2 is 2.04 bits per heavy atom. The van der Waals surface area contributed by atoms with Gasteiger partial charge in [0.15, 0.2) is 5.78 Å². The van der Waals surface area contributed by atoms with Crippen LogP contribution >= 0.6 is 0 Å². The van der Waals surface area contributed by atoms with Gasteiger partial charge in [-0.05, 0) is 48.4 Å². The van der Waals surface area contributed by atoms with Crippen LogP contribution in [0, 0.1) is 6.92 Å². The summed E-state index contributed by atoms with van der Waals surface area (Å²) in [5.74, 6) is 0.0571. The predicted molar refractivity (Wildman–Crippen MR) is 95.8 cm³/mol. The molecule has 0 spiro atoms.